The monoisotopic (exact) mass is 336 g/mol. The van der Waals surface area contributed by atoms with E-state index in [0.29, 0.717) is 0 Å². The van der Waals surface area contributed by atoms with Crippen LogP contribution in [0, 0.1) is 0 Å². The van der Waals surface area contributed by atoms with Crippen molar-refractivity contribution in [1.29, 1.82) is 0 Å². The number of carbonyl (C=O) groups excluding carboxylic acids is 1. The molecule has 116 valence electrons. The van der Waals surface area contributed by atoms with Gasteiger partial charge in [-0.1, -0.05) is 11.6 Å². The number of carboxylic acid groups (broad SMARTS) is 1. The van der Waals surface area contributed by atoms with Crippen molar-refractivity contribution >= 4 is 33.5 Å². The van der Waals surface area contributed by atoms with E-state index in [4.69, 9.17) is 27.2 Å². The van der Waals surface area contributed by atoms with Crippen LogP contribution < -0.4 is 15.2 Å². The number of carboxylic acids is 1. The van der Waals surface area contributed by atoms with Crippen molar-refractivity contribution in [3.63, 3.8) is 0 Å². The minimum absolute atomic E-state index is 0.0437. The van der Waals surface area contributed by atoms with Gasteiger partial charge in [-0.3, -0.25) is 9.59 Å². The van der Waals surface area contributed by atoms with Crippen molar-refractivity contribution in [2.75, 3.05) is 7.11 Å². The molecule has 1 aromatic rings. The highest BCUT2D eigenvalue weighted by molar-refractivity contribution is 7.89. The summed E-state index contributed by atoms with van der Waals surface area (Å²) in [5, 5.41) is 8.93. The SMILES string of the molecule is COc1ccc(S(=O)(=O)NC(CC(N)=O)C(=O)O)cc1Cl. The number of primary amides is 1. The third kappa shape index (κ3) is 4.59. The molecule has 0 radical (unpaired) electrons. The molecule has 4 N–H and O–H groups in total. The fourth-order valence-corrected chi connectivity index (χ4v) is 2.99. The number of amides is 1. The number of hydrogen-bond donors (Lipinski definition) is 3. The number of nitrogens with one attached hydrogen (secondary N) is 1. The van der Waals surface area contributed by atoms with Gasteiger partial charge < -0.3 is 15.6 Å². The minimum atomic E-state index is -4.18. The van der Waals surface area contributed by atoms with Crippen LogP contribution in [0.15, 0.2) is 23.1 Å². The molecule has 0 saturated carbocycles. The van der Waals surface area contributed by atoms with E-state index in [1.165, 1.54) is 19.2 Å². The molecule has 0 fully saturated rings. The second-order valence-electron chi connectivity index (χ2n) is 3.98. The predicted octanol–water partition coefficient (Wildman–Crippen LogP) is -0.0445. The quantitative estimate of drug-likeness (QED) is 0.639. The maximum Gasteiger partial charge on any atom is 0.322 e. The molecule has 0 saturated heterocycles. The van der Waals surface area contributed by atoms with Gasteiger partial charge in [0.05, 0.1) is 23.4 Å². The number of rotatable bonds is 7. The zero-order valence-corrected chi connectivity index (χ0v) is 12.4. The first-order valence-corrected chi connectivity index (χ1v) is 7.40. The number of aliphatic carboxylic acids is 1. The van der Waals surface area contributed by atoms with Crippen LogP contribution in [0.2, 0.25) is 5.02 Å². The Morgan fingerprint density at radius 2 is 2.10 bits per heavy atom. The van der Waals surface area contributed by atoms with Gasteiger partial charge in [-0.05, 0) is 18.2 Å². The number of ether oxygens (including phenoxy) is 1. The number of sulfonamides is 1. The lowest BCUT2D eigenvalue weighted by atomic mass is 10.2. The molecule has 0 aromatic heterocycles. The van der Waals surface area contributed by atoms with Crippen molar-refractivity contribution in [3.05, 3.63) is 23.2 Å². The Bertz CT molecular complexity index is 661. The van der Waals surface area contributed by atoms with Crippen LogP contribution in [-0.2, 0) is 19.6 Å². The number of methoxy groups -OCH3 is 1. The predicted molar refractivity (Wildman–Crippen MR) is 73.6 cm³/mol. The van der Waals surface area contributed by atoms with Gasteiger partial charge in [0.15, 0.2) is 0 Å². The molecule has 1 aromatic carbocycles. The lowest BCUT2D eigenvalue weighted by Gasteiger charge is -2.14. The Morgan fingerprint density at radius 1 is 1.48 bits per heavy atom. The van der Waals surface area contributed by atoms with Crippen LogP contribution >= 0.6 is 11.6 Å². The van der Waals surface area contributed by atoms with Crippen molar-refractivity contribution in [3.8, 4) is 5.75 Å². The first-order chi connectivity index (χ1) is 9.67. The van der Waals surface area contributed by atoms with Crippen molar-refractivity contribution in [2.45, 2.75) is 17.4 Å². The highest BCUT2D eigenvalue weighted by atomic mass is 35.5. The van der Waals surface area contributed by atoms with Gasteiger partial charge in [-0.15, -0.1) is 0 Å². The highest BCUT2D eigenvalue weighted by Crippen LogP contribution is 2.26. The van der Waals surface area contributed by atoms with Gasteiger partial charge in [-0.2, -0.15) is 4.72 Å². The molecule has 1 unspecified atom stereocenters. The average molecular weight is 337 g/mol. The second kappa shape index (κ2) is 6.74. The average Bonchev–Trinajstić information content (AvgIpc) is 2.36. The van der Waals surface area contributed by atoms with Crippen LogP contribution in [0.1, 0.15) is 6.42 Å². The maximum atomic E-state index is 12.1. The van der Waals surface area contributed by atoms with E-state index in [1.807, 2.05) is 4.72 Å². The fourth-order valence-electron chi connectivity index (χ4n) is 1.45. The van der Waals surface area contributed by atoms with E-state index >= 15 is 0 Å². The Kier molecular flexibility index (Phi) is 5.53. The normalized spacial score (nSPS) is 12.7. The van der Waals surface area contributed by atoms with Crippen LogP contribution in [-0.4, -0.2) is 38.6 Å². The van der Waals surface area contributed by atoms with E-state index in [1.54, 1.807) is 0 Å². The number of hydrogen-bond acceptors (Lipinski definition) is 5. The smallest absolute Gasteiger partial charge is 0.322 e. The lowest BCUT2D eigenvalue weighted by molar-refractivity contribution is -0.140. The van der Waals surface area contributed by atoms with Gasteiger partial charge in [0, 0.05) is 0 Å². The topological polar surface area (TPSA) is 136 Å². The summed E-state index contributed by atoms with van der Waals surface area (Å²) in [5.41, 5.74) is 4.88. The van der Waals surface area contributed by atoms with Crippen molar-refractivity contribution in [2.24, 2.45) is 5.73 Å². The van der Waals surface area contributed by atoms with Crippen LogP contribution in [0.4, 0.5) is 0 Å². The van der Waals surface area contributed by atoms with Crippen molar-refractivity contribution < 1.29 is 27.9 Å². The first kappa shape index (κ1) is 17.2. The minimum Gasteiger partial charge on any atom is -0.495 e. The molecule has 1 amide bonds. The maximum absolute atomic E-state index is 12.1. The van der Waals surface area contributed by atoms with Crippen LogP contribution in [0.5, 0.6) is 5.75 Å². The Hall–Kier alpha value is -1.84. The molecular weight excluding hydrogens is 324 g/mol. The molecule has 1 atom stereocenters. The van der Waals surface area contributed by atoms with Gasteiger partial charge in [0.25, 0.3) is 0 Å². The van der Waals surface area contributed by atoms with E-state index in [-0.39, 0.29) is 15.7 Å². The van der Waals surface area contributed by atoms with Gasteiger partial charge >= 0.3 is 5.97 Å². The molecule has 10 heteroatoms. The molecule has 0 aliphatic heterocycles. The lowest BCUT2D eigenvalue weighted by Crippen LogP contribution is -2.43. The second-order valence-corrected chi connectivity index (χ2v) is 6.10. The molecule has 0 aliphatic rings. The first-order valence-electron chi connectivity index (χ1n) is 5.54. The zero-order valence-electron chi connectivity index (χ0n) is 10.9. The molecule has 0 spiro atoms. The van der Waals surface area contributed by atoms with Gasteiger partial charge in [-0.25, -0.2) is 8.42 Å². The molecule has 21 heavy (non-hydrogen) atoms. The zero-order chi connectivity index (χ0) is 16.2. The summed E-state index contributed by atoms with van der Waals surface area (Å²) in [6.07, 6.45) is -0.668. The Morgan fingerprint density at radius 3 is 2.52 bits per heavy atom. The standard InChI is InChI=1S/C11H13ClN2O6S/c1-20-9-3-2-6(4-7(9)12)21(18,19)14-8(11(16)17)5-10(13)15/h2-4,8,14H,5H2,1H3,(H2,13,15)(H,16,17). The summed E-state index contributed by atoms with van der Waals surface area (Å²) in [5.74, 6) is -2.20. The van der Waals surface area contributed by atoms with Crippen molar-refractivity contribution in [1.82, 2.24) is 4.72 Å². The summed E-state index contributed by atoms with van der Waals surface area (Å²) < 4.78 is 30.9. The summed E-state index contributed by atoms with van der Waals surface area (Å²) in [4.78, 5) is 21.4. The fraction of sp³-hybridized carbons (Fsp3) is 0.273. The molecule has 0 heterocycles. The van der Waals surface area contributed by atoms with E-state index < -0.39 is 34.4 Å². The third-order valence-electron chi connectivity index (χ3n) is 2.43. The number of halogens is 1. The Labute approximate surface area is 125 Å². The highest BCUT2D eigenvalue weighted by Gasteiger charge is 2.27. The third-order valence-corrected chi connectivity index (χ3v) is 4.20. The molecule has 8 nitrogen and oxygen atoms in total. The molecular formula is C11H13ClN2O6S. The van der Waals surface area contributed by atoms with Gasteiger partial charge in [0.2, 0.25) is 15.9 Å². The summed E-state index contributed by atoms with van der Waals surface area (Å²) in [7, 11) is -2.81. The summed E-state index contributed by atoms with van der Waals surface area (Å²) in [6.45, 7) is 0. The van der Waals surface area contributed by atoms with Crippen LogP contribution in [0.25, 0.3) is 0 Å². The van der Waals surface area contributed by atoms with E-state index in [0.717, 1.165) is 6.07 Å². The Balaban J connectivity index is 3.07. The largest absolute Gasteiger partial charge is 0.495 e. The number of nitrogens with two attached hydrogens (primary N) is 1. The van der Waals surface area contributed by atoms with E-state index in [9.17, 15) is 18.0 Å². The van der Waals surface area contributed by atoms with Crippen LogP contribution in [0.3, 0.4) is 0 Å². The number of carbonyl (C=O) groups is 2. The summed E-state index contributed by atoms with van der Waals surface area (Å²) in [6, 6.07) is 1.96. The van der Waals surface area contributed by atoms with Gasteiger partial charge in [0.1, 0.15) is 11.8 Å². The van der Waals surface area contributed by atoms with E-state index in [2.05, 4.69) is 0 Å². The summed E-state index contributed by atoms with van der Waals surface area (Å²) >= 11 is 5.81. The molecule has 1 rings (SSSR count). The molecule has 0 aliphatic carbocycles. The number of benzene rings is 1. The molecule has 0 bridgehead atoms.